The summed E-state index contributed by atoms with van der Waals surface area (Å²) in [6.45, 7) is 0. The van der Waals surface area contributed by atoms with Gasteiger partial charge in [-0.25, -0.2) is 10.8 Å². The van der Waals surface area contributed by atoms with E-state index in [4.69, 9.17) is 11.6 Å². The fourth-order valence-electron chi connectivity index (χ4n) is 3.86. The molecule has 0 spiro atoms. The Balaban J connectivity index is 1.41. The summed E-state index contributed by atoms with van der Waals surface area (Å²) in [5.74, 6) is 6.28. The summed E-state index contributed by atoms with van der Waals surface area (Å²) in [5.41, 5.74) is 14.6. The number of nitrogen functional groups attached to an aromatic ring is 2. The van der Waals surface area contributed by atoms with Crippen LogP contribution >= 0.6 is 0 Å². The highest BCUT2D eigenvalue weighted by atomic mass is 16.1. The molecule has 6 heteroatoms. The molecule has 0 atom stereocenters. The molecule has 4 aromatic carbocycles. The summed E-state index contributed by atoms with van der Waals surface area (Å²) in [5, 5.41) is 0.798. The molecule has 0 amide bonds. The van der Waals surface area contributed by atoms with E-state index in [-0.39, 0.29) is 11.7 Å². The van der Waals surface area contributed by atoms with E-state index in [0.717, 1.165) is 33.2 Å². The second kappa shape index (κ2) is 8.53. The third kappa shape index (κ3) is 4.03. The SMILES string of the molecule is NNc1nc(N)nc2ccc(-c3ccc(-c4ccc(C(=O)c5ccccc5)cc4)cc3)cc12. The Labute approximate surface area is 190 Å². The van der Waals surface area contributed by atoms with Crippen LogP contribution in [0, 0.1) is 0 Å². The zero-order valence-electron chi connectivity index (χ0n) is 17.7. The topological polar surface area (TPSA) is 107 Å². The number of carbonyl (C=O) groups excluding carboxylic acids is 1. The molecule has 1 aromatic heterocycles. The van der Waals surface area contributed by atoms with Gasteiger partial charge in [0.1, 0.15) is 0 Å². The van der Waals surface area contributed by atoms with E-state index in [2.05, 4.69) is 39.7 Å². The largest absolute Gasteiger partial charge is 0.368 e. The second-order valence-electron chi connectivity index (χ2n) is 7.66. The second-order valence-corrected chi connectivity index (χ2v) is 7.66. The lowest BCUT2D eigenvalue weighted by atomic mass is 9.97. The lowest BCUT2D eigenvalue weighted by molar-refractivity contribution is 0.103. The van der Waals surface area contributed by atoms with Gasteiger partial charge in [-0.2, -0.15) is 4.98 Å². The molecule has 5 aromatic rings. The van der Waals surface area contributed by atoms with Crippen molar-refractivity contribution >= 4 is 28.5 Å². The Morgan fingerprint density at radius 2 is 1.21 bits per heavy atom. The number of benzene rings is 4. The van der Waals surface area contributed by atoms with Crippen molar-refractivity contribution in [2.75, 3.05) is 11.2 Å². The van der Waals surface area contributed by atoms with E-state index in [9.17, 15) is 4.79 Å². The number of ketones is 1. The zero-order chi connectivity index (χ0) is 22.8. The Kier molecular flexibility index (Phi) is 5.26. The van der Waals surface area contributed by atoms with Crippen LogP contribution in [0.2, 0.25) is 0 Å². The molecule has 33 heavy (non-hydrogen) atoms. The standard InChI is InChI=1S/C27H21N5O/c28-27-30-24-15-14-22(16-23(24)26(31-27)32-29)19-8-6-17(7-9-19)18-10-12-21(13-11-18)25(33)20-4-2-1-3-5-20/h1-16H,29H2,(H3,28,30,31,32). The van der Waals surface area contributed by atoms with Gasteiger partial charge in [0.15, 0.2) is 11.6 Å². The van der Waals surface area contributed by atoms with E-state index in [1.807, 2.05) is 72.8 Å². The van der Waals surface area contributed by atoms with Gasteiger partial charge in [0, 0.05) is 16.5 Å². The summed E-state index contributed by atoms with van der Waals surface area (Å²) in [6.07, 6.45) is 0. The van der Waals surface area contributed by atoms with Crippen LogP contribution in [0.4, 0.5) is 11.8 Å². The minimum Gasteiger partial charge on any atom is -0.368 e. The highest BCUT2D eigenvalue weighted by Gasteiger charge is 2.10. The van der Waals surface area contributed by atoms with E-state index >= 15 is 0 Å². The molecule has 160 valence electrons. The van der Waals surface area contributed by atoms with E-state index < -0.39 is 0 Å². The molecule has 6 nitrogen and oxygen atoms in total. The quantitative estimate of drug-likeness (QED) is 0.204. The third-order valence-corrected chi connectivity index (χ3v) is 5.58. The van der Waals surface area contributed by atoms with Crippen LogP contribution in [0.1, 0.15) is 15.9 Å². The summed E-state index contributed by atoms with van der Waals surface area (Å²) >= 11 is 0. The van der Waals surface area contributed by atoms with Crippen LogP contribution in [0.3, 0.4) is 0 Å². The molecular formula is C27H21N5O. The maximum absolute atomic E-state index is 12.6. The first-order valence-electron chi connectivity index (χ1n) is 10.5. The van der Waals surface area contributed by atoms with Gasteiger partial charge in [-0.1, -0.05) is 84.9 Å². The van der Waals surface area contributed by atoms with Crippen molar-refractivity contribution in [2.45, 2.75) is 0 Å². The van der Waals surface area contributed by atoms with Crippen LogP contribution in [0.25, 0.3) is 33.2 Å². The number of hydrogen-bond acceptors (Lipinski definition) is 6. The van der Waals surface area contributed by atoms with Gasteiger partial charge in [-0.15, -0.1) is 0 Å². The number of nitrogens with two attached hydrogens (primary N) is 2. The van der Waals surface area contributed by atoms with Crippen molar-refractivity contribution in [1.82, 2.24) is 9.97 Å². The fourth-order valence-corrected chi connectivity index (χ4v) is 3.86. The summed E-state index contributed by atoms with van der Waals surface area (Å²) in [7, 11) is 0. The van der Waals surface area contributed by atoms with Gasteiger partial charge in [0.2, 0.25) is 5.95 Å². The molecule has 0 saturated carbocycles. The molecule has 5 rings (SSSR count). The molecule has 0 unspecified atom stereocenters. The lowest BCUT2D eigenvalue weighted by Gasteiger charge is -2.09. The first kappa shape index (κ1) is 20.4. The number of nitrogens with one attached hydrogen (secondary N) is 1. The average Bonchev–Trinajstić information content (AvgIpc) is 2.88. The maximum atomic E-state index is 12.6. The molecule has 0 bridgehead atoms. The summed E-state index contributed by atoms with van der Waals surface area (Å²) in [4.78, 5) is 21.0. The highest BCUT2D eigenvalue weighted by molar-refractivity contribution is 6.09. The maximum Gasteiger partial charge on any atom is 0.222 e. The van der Waals surface area contributed by atoms with Gasteiger partial charge in [-0.05, 0) is 34.4 Å². The molecule has 5 N–H and O–H groups in total. The number of aromatic nitrogens is 2. The average molecular weight is 431 g/mol. The summed E-state index contributed by atoms with van der Waals surface area (Å²) in [6, 6.07) is 31.1. The van der Waals surface area contributed by atoms with Crippen LogP contribution < -0.4 is 17.0 Å². The smallest absolute Gasteiger partial charge is 0.222 e. The molecule has 0 aliphatic rings. The predicted octanol–water partition coefficient (Wildman–Crippen LogP) is 5.06. The number of anilines is 2. The number of hydrazine groups is 1. The molecule has 0 radical (unpaired) electrons. The van der Waals surface area contributed by atoms with Crippen molar-refractivity contribution in [3.05, 3.63) is 108 Å². The molecule has 0 saturated heterocycles. The van der Waals surface area contributed by atoms with Crippen molar-refractivity contribution in [1.29, 1.82) is 0 Å². The molecule has 0 aliphatic heterocycles. The van der Waals surface area contributed by atoms with Gasteiger partial charge in [0.25, 0.3) is 0 Å². The Morgan fingerprint density at radius 1 is 0.667 bits per heavy atom. The van der Waals surface area contributed by atoms with Gasteiger partial charge in [-0.3, -0.25) is 4.79 Å². The van der Waals surface area contributed by atoms with Crippen LogP contribution in [0.15, 0.2) is 97.1 Å². The number of carbonyl (C=O) groups is 1. The van der Waals surface area contributed by atoms with Crippen molar-refractivity contribution in [3.8, 4) is 22.3 Å². The summed E-state index contributed by atoms with van der Waals surface area (Å²) < 4.78 is 0. The zero-order valence-corrected chi connectivity index (χ0v) is 17.7. The number of nitrogens with zero attached hydrogens (tertiary/aromatic N) is 2. The Bertz CT molecular complexity index is 1450. The number of rotatable bonds is 5. The predicted molar refractivity (Wildman–Crippen MR) is 133 cm³/mol. The Hall–Kier alpha value is -4.55. The first-order chi connectivity index (χ1) is 16.1. The molecule has 0 fully saturated rings. The van der Waals surface area contributed by atoms with Crippen molar-refractivity contribution in [3.63, 3.8) is 0 Å². The number of hydrogen-bond donors (Lipinski definition) is 3. The minimum atomic E-state index is 0.0193. The lowest BCUT2D eigenvalue weighted by Crippen LogP contribution is -2.11. The molecule has 1 heterocycles. The minimum absolute atomic E-state index is 0.0193. The van der Waals surface area contributed by atoms with Gasteiger partial charge < -0.3 is 11.2 Å². The molecular weight excluding hydrogens is 410 g/mol. The van der Waals surface area contributed by atoms with E-state index in [1.165, 1.54) is 0 Å². The Morgan fingerprint density at radius 3 is 1.85 bits per heavy atom. The van der Waals surface area contributed by atoms with Crippen LogP contribution in [-0.4, -0.2) is 15.8 Å². The van der Waals surface area contributed by atoms with Crippen molar-refractivity contribution in [2.24, 2.45) is 5.84 Å². The molecule has 0 aliphatic carbocycles. The van der Waals surface area contributed by atoms with Crippen LogP contribution in [0.5, 0.6) is 0 Å². The first-order valence-corrected chi connectivity index (χ1v) is 10.5. The third-order valence-electron chi connectivity index (χ3n) is 5.58. The monoisotopic (exact) mass is 431 g/mol. The van der Waals surface area contributed by atoms with Crippen molar-refractivity contribution < 1.29 is 4.79 Å². The fraction of sp³-hybridized carbons (Fsp3) is 0. The van der Waals surface area contributed by atoms with E-state index in [0.29, 0.717) is 16.9 Å². The normalized spacial score (nSPS) is 10.8. The highest BCUT2D eigenvalue weighted by Crippen LogP contribution is 2.29. The van der Waals surface area contributed by atoms with Crippen LogP contribution in [-0.2, 0) is 0 Å². The van der Waals surface area contributed by atoms with E-state index in [1.54, 1.807) is 0 Å². The van der Waals surface area contributed by atoms with Gasteiger partial charge in [0.05, 0.1) is 5.52 Å². The number of fused-ring (bicyclic) bond motifs is 1. The van der Waals surface area contributed by atoms with Gasteiger partial charge >= 0.3 is 0 Å².